The summed E-state index contributed by atoms with van der Waals surface area (Å²) in [6, 6.07) is 7.83. The van der Waals surface area contributed by atoms with E-state index in [2.05, 4.69) is 4.98 Å². The molecule has 1 aromatic carbocycles. The van der Waals surface area contributed by atoms with Crippen LogP contribution in [0.3, 0.4) is 0 Å². The summed E-state index contributed by atoms with van der Waals surface area (Å²) in [5, 5.41) is 8.75. The Hall–Kier alpha value is -3.40. The summed E-state index contributed by atoms with van der Waals surface area (Å²) in [5.74, 6) is -1.63. The highest BCUT2D eigenvalue weighted by Gasteiger charge is 2.23. The predicted molar refractivity (Wildman–Crippen MR) is 92.0 cm³/mol. The van der Waals surface area contributed by atoms with Gasteiger partial charge in [-0.3, -0.25) is 4.79 Å². The van der Waals surface area contributed by atoms with E-state index < -0.39 is 24.3 Å². The topological polar surface area (TPSA) is 109 Å². The summed E-state index contributed by atoms with van der Waals surface area (Å²) >= 11 is 0. The second kappa shape index (κ2) is 8.12. The Morgan fingerprint density at radius 1 is 1.08 bits per heavy atom. The Morgan fingerprint density at radius 3 is 2.31 bits per heavy atom. The molecule has 0 atom stereocenters. The fourth-order valence-corrected chi connectivity index (χ4v) is 2.51. The predicted octanol–water partition coefficient (Wildman–Crippen LogP) is 2.72. The molecule has 1 aromatic heterocycles. The lowest BCUT2D eigenvalue weighted by molar-refractivity contribution is 0.0472. The molecule has 0 aliphatic heterocycles. The minimum Gasteiger partial charge on any atom is -0.462 e. The average Bonchev–Trinajstić information content (AvgIpc) is 2.94. The van der Waals surface area contributed by atoms with Gasteiger partial charge in [0.1, 0.15) is 0 Å². The highest BCUT2D eigenvalue weighted by atomic mass is 16.5. The Bertz CT molecular complexity index is 888. The Morgan fingerprint density at radius 2 is 1.73 bits per heavy atom. The Kier molecular flexibility index (Phi) is 5.91. The van der Waals surface area contributed by atoms with E-state index in [1.165, 1.54) is 24.3 Å². The number of hydrogen-bond donors (Lipinski definition) is 1. The van der Waals surface area contributed by atoms with Crippen molar-refractivity contribution in [3.8, 4) is 6.07 Å². The maximum atomic E-state index is 12.3. The number of rotatable bonds is 6. The molecular formula is C19H18N2O5. The monoisotopic (exact) mass is 354 g/mol. The van der Waals surface area contributed by atoms with Gasteiger partial charge in [-0.05, 0) is 50.6 Å². The van der Waals surface area contributed by atoms with E-state index in [0.29, 0.717) is 22.4 Å². The summed E-state index contributed by atoms with van der Waals surface area (Å²) < 4.78 is 10.0. The SMILES string of the molecule is CCOC(=O)c1c(C)[nH]c(C(=O)COC(=O)c2ccc(C#N)cc2)c1C. The summed E-state index contributed by atoms with van der Waals surface area (Å²) in [7, 11) is 0. The molecule has 0 aliphatic rings. The van der Waals surface area contributed by atoms with Gasteiger partial charge in [-0.25, -0.2) is 9.59 Å². The summed E-state index contributed by atoms with van der Waals surface area (Å²) in [4.78, 5) is 39.1. The third-order valence-corrected chi connectivity index (χ3v) is 3.78. The zero-order chi connectivity index (χ0) is 19.3. The third kappa shape index (κ3) is 3.98. The minimum absolute atomic E-state index is 0.207. The van der Waals surface area contributed by atoms with Crippen LogP contribution in [0.4, 0.5) is 0 Å². The van der Waals surface area contributed by atoms with Crippen LogP contribution in [0.25, 0.3) is 0 Å². The Labute approximate surface area is 150 Å². The van der Waals surface area contributed by atoms with Gasteiger partial charge in [0, 0.05) is 5.69 Å². The molecule has 0 saturated carbocycles. The van der Waals surface area contributed by atoms with Gasteiger partial charge in [0.25, 0.3) is 0 Å². The number of benzene rings is 1. The number of nitrogens with one attached hydrogen (secondary N) is 1. The number of nitrogens with zero attached hydrogens (tertiary/aromatic N) is 1. The summed E-state index contributed by atoms with van der Waals surface area (Å²) in [6.07, 6.45) is 0. The number of H-pyrrole nitrogens is 1. The molecule has 134 valence electrons. The van der Waals surface area contributed by atoms with Gasteiger partial charge in [-0.15, -0.1) is 0 Å². The standard InChI is InChI=1S/C19H18N2O5/c1-4-25-19(24)16-11(2)17(21-12(16)3)15(22)10-26-18(23)14-7-5-13(9-20)6-8-14/h5-8,21H,4,10H2,1-3H3. The second-order valence-corrected chi connectivity index (χ2v) is 5.53. The van der Waals surface area contributed by atoms with E-state index in [-0.39, 0.29) is 17.9 Å². The van der Waals surface area contributed by atoms with Crippen LogP contribution in [0.5, 0.6) is 0 Å². The molecule has 0 saturated heterocycles. The molecule has 0 aliphatic carbocycles. The molecule has 7 heteroatoms. The average molecular weight is 354 g/mol. The summed E-state index contributed by atoms with van der Waals surface area (Å²) in [6.45, 7) is 4.75. The zero-order valence-electron chi connectivity index (χ0n) is 14.7. The van der Waals surface area contributed by atoms with Crippen LogP contribution in [-0.4, -0.2) is 35.9 Å². The van der Waals surface area contributed by atoms with Crippen LogP contribution in [0, 0.1) is 25.2 Å². The number of hydrogen-bond acceptors (Lipinski definition) is 6. The highest BCUT2D eigenvalue weighted by molar-refractivity contribution is 6.03. The van der Waals surface area contributed by atoms with E-state index in [1.54, 1.807) is 20.8 Å². The maximum Gasteiger partial charge on any atom is 0.340 e. The lowest BCUT2D eigenvalue weighted by Gasteiger charge is -2.05. The molecular weight excluding hydrogens is 336 g/mol. The molecule has 7 nitrogen and oxygen atoms in total. The van der Waals surface area contributed by atoms with Gasteiger partial charge >= 0.3 is 11.9 Å². The zero-order valence-corrected chi connectivity index (χ0v) is 14.7. The van der Waals surface area contributed by atoms with Crippen molar-refractivity contribution in [1.82, 2.24) is 4.98 Å². The lowest BCUT2D eigenvalue weighted by Crippen LogP contribution is -2.15. The van der Waals surface area contributed by atoms with Crippen molar-refractivity contribution in [3.05, 3.63) is 57.9 Å². The number of esters is 2. The molecule has 2 rings (SSSR count). The van der Waals surface area contributed by atoms with Crippen LogP contribution in [0.2, 0.25) is 0 Å². The molecule has 2 aromatic rings. The molecule has 0 fully saturated rings. The van der Waals surface area contributed by atoms with E-state index in [9.17, 15) is 14.4 Å². The molecule has 0 bridgehead atoms. The van der Waals surface area contributed by atoms with Crippen molar-refractivity contribution in [1.29, 1.82) is 5.26 Å². The molecule has 26 heavy (non-hydrogen) atoms. The van der Waals surface area contributed by atoms with Crippen LogP contribution < -0.4 is 0 Å². The molecule has 1 heterocycles. The van der Waals surface area contributed by atoms with Crippen LogP contribution in [0.15, 0.2) is 24.3 Å². The van der Waals surface area contributed by atoms with Crippen molar-refractivity contribution >= 4 is 17.7 Å². The van der Waals surface area contributed by atoms with E-state index in [1.807, 2.05) is 6.07 Å². The van der Waals surface area contributed by atoms with Crippen molar-refractivity contribution in [2.45, 2.75) is 20.8 Å². The van der Waals surface area contributed by atoms with Crippen LogP contribution in [-0.2, 0) is 9.47 Å². The number of nitriles is 1. The number of aryl methyl sites for hydroxylation is 1. The van der Waals surface area contributed by atoms with Crippen LogP contribution in [0.1, 0.15) is 54.9 Å². The fourth-order valence-electron chi connectivity index (χ4n) is 2.51. The van der Waals surface area contributed by atoms with Crippen LogP contribution >= 0.6 is 0 Å². The first-order valence-corrected chi connectivity index (χ1v) is 7.95. The van der Waals surface area contributed by atoms with Gasteiger partial charge in [0.2, 0.25) is 5.78 Å². The van der Waals surface area contributed by atoms with Gasteiger partial charge in [-0.1, -0.05) is 0 Å². The summed E-state index contributed by atoms with van der Waals surface area (Å²) in [5.41, 5.74) is 2.15. The number of ether oxygens (including phenoxy) is 2. The van der Waals surface area contributed by atoms with Gasteiger partial charge < -0.3 is 14.5 Å². The number of aromatic nitrogens is 1. The van der Waals surface area contributed by atoms with Gasteiger partial charge in [-0.2, -0.15) is 5.26 Å². The fraction of sp³-hybridized carbons (Fsp3) is 0.263. The minimum atomic E-state index is -0.672. The van der Waals surface area contributed by atoms with Crippen molar-refractivity contribution in [3.63, 3.8) is 0 Å². The third-order valence-electron chi connectivity index (χ3n) is 3.78. The van der Waals surface area contributed by atoms with Crippen molar-refractivity contribution < 1.29 is 23.9 Å². The highest BCUT2D eigenvalue weighted by Crippen LogP contribution is 2.19. The largest absolute Gasteiger partial charge is 0.462 e. The van der Waals surface area contributed by atoms with E-state index in [4.69, 9.17) is 14.7 Å². The van der Waals surface area contributed by atoms with Gasteiger partial charge in [0.05, 0.1) is 35.1 Å². The lowest BCUT2D eigenvalue weighted by atomic mass is 10.1. The smallest absolute Gasteiger partial charge is 0.340 e. The number of carbonyl (C=O) groups excluding carboxylic acids is 3. The number of aromatic amines is 1. The number of Topliss-reactive ketones (excluding diaryl/α,β-unsaturated/α-hetero) is 1. The Balaban J connectivity index is 2.08. The quantitative estimate of drug-likeness (QED) is 0.631. The van der Waals surface area contributed by atoms with Crippen molar-refractivity contribution in [2.24, 2.45) is 0 Å². The molecule has 0 spiro atoms. The normalized spacial score (nSPS) is 10.1. The first kappa shape index (κ1) is 18.9. The molecule has 0 unspecified atom stereocenters. The first-order chi connectivity index (χ1) is 12.4. The molecule has 0 radical (unpaired) electrons. The van der Waals surface area contributed by atoms with Gasteiger partial charge in [0.15, 0.2) is 6.61 Å². The molecule has 0 amide bonds. The number of ketones is 1. The molecule has 1 N–H and O–H groups in total. The number of carbonyl (C=O) groups is 3. The van der Waals surface area contributed by atoms with E-state index >= 15 is 0 Å². The maximum absolute atomic E-state index is 12.3. The van der Waals surface area contributed by atoms with E-state index in [0.717, 1.165) is 0 Å². The first-order valence-electron chi connectivity index (χ1n) is 7.95. The van der Waals surface area contributed by atoms with Crippen molar-refractivity contribution in [2.75, 3.05) is 13.2 Å². The second-order valence-electron chi connectivity index (χ2n) is 5.53.